The van der Waals surface area contributed by atoms with E-state index in [0.717, 1.165) is 12.1 Å². The zero-order valence-electron chi connectivity index (χ0n) is 9.26. The Morgan fingerprint density at radius 1 is 1.56 bits per heavy atom. The molecule has 0 saturated carbocycles. The van der Waals surface area contributed by atoms with Crippen molar-refractivity contribution in [2.45, 2.75) is 6.92 Å². The number of hydrogen-bond acceptors (Lipinski definition) is 3. The van der Waals surface area contributed by atoms with Crippen molar-refractivity contribution < 1.29 is 4.39 Å². The molecule has 0 spiro atoms. The fraction of sp³-hybridized carbons (Fsp3) is 0.333. The summed E-state index contributed by atoms with van der Waals surface area (Å²) in [4.78, 5) is 0. The Bertz CT molecular complexity index is 415. The van der Waals surface area contributed by atoms with Crippen molar-refractivity contribution >= 4 is 5.69 Å². The lowest BCUT2D eigenvalue weighted by molar-refractivity contribution is 0.623. The van der Waals surface area contributed by atoms with Crippen LogP contribution in [-0.2, 0) is 0 Å². The second-order valence-corrected chi connectivity index (χ2v) is 4.13. The number of anilines is 1. The quantitative estimate of drug-likeness (QED) is 0.726. The van der Waals surface area contributed by atoms with Crippen LogP contribution >= 0.6 is 0 Å². The van der Waals surface area contributed by atoms with Gasteiger partial charge in [0.15, 0.2) is 0 Å². The van der Waals surface area contributed by atoms with Crippen molar-refractivity contribution in [3.8, 4) is 0 Å². The molecular weight excluding hydrogens is 205 g/mol. The Morgan fingerprint density at radius 2 is 2.38 bits per heavy atom. The molecule has 1 atom stereocenters. The summed E-state index contributed by atoms with van der Waals surface area (Å²) >= 11 is 0. The zero-order chi connectivity index (χ0) is 11.5. The highest BCUT2D eigenvalue weighted by molar-refractivity contribution is 5.46. The van der Waals surface area contributed by atoms with Gasteiger partial charge in [-0.05, 0) is 30.7 Å². The predicted molar refractivity (Wildman–Crippen MR) is 63.4 cm³/mol. The Morgan fingerprint density at radius 3 is 3.00 bits per heavy atom. The Balaban J connectivity index is 1.95. The highest BCUT2D eigenvalue weighted by Gasteiger charge is 2.13. The van der Waals surface area contributed by atoms with E-state index in [1.165, 1.54) is 6.07 Å². The third-order valence-corrected chi connectivity index (χ3v) is 2.66. The molecule has 0 aliphatic carbocycles. The van der Waals surface area contributed by atoms with Gasteiger partial charge < -0.3 is 16.4 Å². The van der Waals surface area contributed by atoms with Crippen LogP contribution in [0.25, 0.3) is 0 Å². The van der Waals surface area contributed by atoms with E-state index in [4.69, 9.17) is 5.73 Å². The second kappa shape index (κ2) is 4.43. The molecule has 0 aromatic heterocycles. The van der Waals surface area contributed by atoms with Crippen molar-refractivity contribution in [1.82, 2.24) is 5.32 Å². The molecule has 4 N–H and O–H groups in total. The molecule has 1 heterocycles. The summed E-state index contributed by atoms with van der Waals surface area (Å²) in [6.45, 7) is 3.37. The minimum atomic E-state index is -0.206. The summed E-state index contributed by atoms with van der Waals surface area (Å²) in [5.41, 5.74) is 7.06. The van der Waals surface area contributed by atoms with E-state index in [2.05, 4.69) is 10.6 Å². The first-order valence-electron chi connectivity index (χ1n) is 5.36. The predicted octanol–water partition coefficient (Wildman–Crippen LogP) is 1.57. The van der Waals surface area contributed by atoms with Crippen LogP contribution in [0.1, 0.15) is 5.56 Å². The number of nitrogens with one attached hydrogen (secondary N) is 2. The molecule has 2 rings (SSSR count). The normalized spacial score (nSPS) is 19.1. The lowest BCUT2D eigenvalue weighted by Gasteiger charge is -2.11. The first-order chi connectivity index (χ1) is 7.65. The molecule has 1 aromatic carbocycles. The van der Waals surface area contributed by atoms with E-state index in [-0.39, 0.29) is 5.82 Å². The fourth-order valence-electron chi connectivity index (χ4n) is 1.76. The number of rotatable bonds is 3. The van der Waals surface area contributed by atoms with Gasteiger partial charge in [-0.15, -0.1) is 0 Å². The molecular formula is C12H16FN3. The largest absolute Gasteiger partial charge is 0.386 e. The summed E-state index contributed by atoms with van der Waals surface area (Å²) in [6, 6.07) is 5.18. The van der Waals surface area contributed by atoms with Crippen LogP contribution < -0.4 is 16.4 Å². The van der Waals surface area contributed by atoms with Gasteiger partial charge in [0.25, 0.3) is 0 Å². The van der Waals surface area contributed by atoms with Gasteiger partial charge in [-0.3, -0.25) is 0 Å². The fourth-order valence-corrected chi connectivity index (χ4v) is 1.76. The minimum Gasteiger partial charge on any atom is -0.386 e. The average molecular weight is 221 g/mol. The molecule has 0 radical (unpaired) electrons. The number of hydrogen-bond donors (Lipinski definition) is 3. The van der Waals surface area contributed by atoms with E-state index in [9.17, 15) is 4.39 Å². The Labute approximate surface area is 94.5 Å². The second-order valence-electron chi connectivity index (χ2n) is 4.13. The Kier molecular flexibility index (Phi) is 2.99. The van der Waals surface area contributed by atoms with Crippen LogP contribution in [0, 0.1) is 18.7 Å². The van der Waals surface area contributed by atoms with Crippen molar-refractivity contribution in [2.24, 2.45) is 11.7 Å². The van der Waals surface area contributed by atoms with Crippen LogP contribution in [0.3, 0.4) is 0 Å². The summed E-state index contributed by atoms with van der Waals surface area (Å²) in [5, 5.41) is 6.12. The number of halogens is 1. The molecule has 0 fully saturated rings. The van der Waals surface area contributed by atoms with Crippen LogP contribution in [0.15, 0.2) is 30.1 Å². The lowest BCUT2D eigenvalue weighted by atomic mass is 10.1. The molecule has 86 valence electrons. The number of aryl methyl sites for hydroxylation is 1. The zero-order valence-corrected chi connectivity index (χ0v) is 9.26. The highest BCUT2D eigenvalue weighted by atomic mass is 19.1. The molecule has 16 heavy (non-hydrogen) atoms. The molecule has 1 aliphatic rings. The summed E-state index contributed by atoms with van der Waals surface area (Å²) < 4.78 is 13.5. The molecule has 0 saturated heterocycles. The monoisotopic (exact) mass is 221 g/mol. The highest BCUT2D eigenvalue weighted by Crippen LogP contribution is 2.16. The van der Waals surface area contributed by atoms with Gasteiger partial charge in [0.1, 0.15) is 5.82 Å². The third kappa shape index (κ3) is 2.45. The molecule has 4 heteroatoms. The maximum absolute atomic E-state index is 13.5. The van der Waals surface area contributed by atoms with Gasteiger partial charge in [0.05, 0.1) is 11.5 Å². The van der Waals surface area contributed by atoms with E-state index in [1.807, 2.05) is 19.1 Å². The molecule has 0 unspecified atom stereocenters. The van der Waals surface area contributed by atoms with E-state index < -0.39 is 0 Å². The van der Waals surface area contributed by atoms with Crippen molar-refractivity contribution in [3.63, 3.8) is 0 Å². The molecule has 1 aliphatic heterocycles. The van der Waals surface area contributed by atoms with Gasteiger partial charge in [0, 0.05) is 19.0 Å². The van der Waals surface area contributed by atoms with Crippen molar-refractivity contribution in [1.29, 1.82) is 0 Å². The van der Waals surface area contributed by atoms with E-state index in [0.29, 0.717) is 24.0 Å². The number of benzene rings is 1. The summed E-state index contributed by atoms with van der Waals surface area (Å²) in [6.07, 6.45) is 1.96. The first kappa shape index (κ1) is 10.8. The van der Waals surface area contributed by atoms with Gasteiger partial charge in [-0.2, -0.15) is 0 Å². The molecule has 1 aromatic rings. The maximum atomic E-state index is 13.5. The molecule has 0 bridgehead atoms. The van der Waals surface area contributed by atoms with Gasteiger partial charge in [0.2, 0.25) is 0 Å². The standard InChI is InChI=1S/C12H16FN3/c1-8-2-3-11(10(13)4-8)15-6-9-5-12(14)16-7-9/h2-5,9,15-16H,6-7,14H2,1H3/t9-/m0/s1. The molecule has 3 nitrogen and oxygen atoms in total. The minimum absolute atomic E-state index is 0.206. The van der Waals surface area contributed by atoms with Crippen molar-refractivity contribution in [3.05, 3.63) is 41.5 Å². The first-order valence-corrected chi connectivity index (χ1v) is 5.36. The summed E-state index contributed by atoms with van der Waals surface area (Å²) in [5.74, 6) is 0.819. The number of nitrogens with two attached hydrogens (primary N) is 1. The van der Waals surface area contributed by atoms with E-state index >= 15 is 0 Å². The summed E-state index contributed by atoms with van der Waals surface area (Å²) in [7, 11) is 0. The van der Waals surface area contributed by atoms with Gasteiger partial charge in [-0.1, -0.05) is 6.07 Å². The van der Waals surface area contributed by atoms with Gasteiger partial charge >= 0.3 is 0 Å². The maximum Gasteiger partial charge on any atom is 0.146 e. The van der Waals surface area contributed by atoms with Crippen LogP contribution in [0.5, 0.6) is 0 Å². The third-order valence-electron chi connectivity index (χ3n) is 2.66. The van der Waals surface area contributed by atoms with Crippen LogP contribution in [-0.4, -0.2) is 13.1 Å². The smallest absolute Gasteiger partial charge is 0.146 e. The SMILES string of the molecule is Cc1ccc(NC[C@@H]2C=C(N)NC2)c(F)c1. The van der Waals surface area contributed by atoms with E-state index in [1.54, 1.807) is 6.07 Å². The Hall–Kier alpha value is -1.71. The average Bonchev–Trinajstić information content (AvgIpc) is 2.63. The van der Waals surface area contributed by atoms with Crippen LogP contribution in [0.4, 0.5) is 10.1 Å². The topological polar surface area (TPSA) is 50.1 Å². The van der Waals surface area contributed by atoms with Crippen molar-refractivity contribution in [2.75, 3.05) is 18.4 Å². The molecule has 0 amide bonds. The van der Waals surface area contributed by atoms with Crippen LogP contribution in [0.2, 0.25) is 0 Å². The lowest BCUT2D eigenvalue weighted by Crippen LogP contribution is -2.20. The van der Waals surface area contributed by atoms with Gasteiger partial charge in [-0.25, -0.2) is 4.39 Å².